The van der Waals surface area contributed by atoms with Gasteiger partial charge in [-0.2, -0.15) is 0 Å². The van der Waals surface area contributed by atoms with Gasteiger partial charge < -0.3 is 14.5 Å². The molecule has 6 heteroatoms. The number of hydrogen-bond donors (Lipinski definition) is 1. The Balaban J connectivity index is 1.84. The number of methoxy groups -OCH3 is 1. The molecule has 1 fully saturated rings. The molecule has 6 nitrogen and oxygen atoms in total. The lowest BCUT2D eigenvalue weighted by molar-refractivity contribution is 0.0960. The third-order valence-electron chi connectivity index (χ3n) is 4.20. The highest BCUT2D eigenvalue weighted by molar-refractivity contribution is 6.04. The molecule has 22 heavy (non-hydrogen) atoms. The van der Waals surface area contributed by atoms with E-state index in [1.165, 1.54) is 0 Å². The highest BCUT2D eigenvalue weighted by Crippen LogP contribution is 2.25. The van der Waals surface area contributed by atoms with Crippen molar-refractivity contribution in [2.45, 2.75) is 25.5 Å². The molecule has 1 N–H and O–H groups in total. The minimum absolute atomic E-state index is 0.0596. The van der Waals surface area contributed by atoms with Crippen LogP contribution in [0.15, 0.2) is 29.3 Å². The molecule has 3 heterocycles. The maximum atomic E-state index is 12.6. The summed E-state index contributed by atoms with van der Waals surface area (Å²) in [6.45, 7) is 1.34. The first-order valence-electron chi connectivity index (χ1n) is 7.43. The van der Waals surface area contributed by atoms with Crippen LogP contribution in [-0.2, 0) is 11.3 Å². The number of nitrogens with one attached hydrogen (secondary N) is 1. The van der Waals surface area contributed by atoms with Crippen molar-refractivity contribution in [3.8, 4) is 5.75 Å². The average Bonchev–Trinajstić information content (AvgIpc) is 3.17. The molecule has 0 aliphatic carbocycles. The van der Waals surface area contributed by atoms with Gasteiger partial charge in [0, 0.05) is 17.5 Å². The zero-order valence-corrected chi connectivity index (χ0v) is 12.3. The zero-order valence-electron chi connectivity index (χ0n) is 12.3. The largest absolute Gasteiger partial charge is 0.497 e. The number of aromatic amines is 1. The van der Waals surface area contributed by atoms with Crippen LogP contribution >= 0.6 is 0 Å². The molecular formula is C16H17N3O3. The van der Waals surface area contributed by atoms with Crippen molar-refractivity contribution in [3.05, 3.63) is 34.9 Å². The predicted octanol–water partition coefficient (Wildman–Crippen LogP) is 2.07. The van der Waals surface area contributed by atoms with Gasteiger partial charge in [-0.25, -0.2) is 4.98 Å². The van der Waals surface area contributed by atoms with Gasteiger partial charge in [0.15, 0.2) is 0 Å². The van der Waals surface area contributed by atoms with E-state index in [-0.39, 0.29) is 11.7 Å². The van der Waals surface area contributed by atoms with Gasteiger partial charge in [-0.15, -0.1) is 0 Å². The van der Waals surface area contributed by atoms with Crippen LogP contribution in [0.4, 0.5) is 0 Å². The van der Waals surface area contributed by atoms with E-state index in [1.54, 1.807) is 18.0 Å². The van der Waals surface area contributed by atoms with Crippen molar-refractivity contribution in [1.29, 1.82) is 0 Å². The van der Waals surface area contributed by atoms with E-state index < -0.39 is 0 Å². The summed E-state index contributed by atoms with van der Waals surface area (Å²) in [5.41, 5.74) is 2.04. The Kier molecular flexibility index (Phi) is 3.11. The van der Waals surface area contributed by atoms with Gasteiger partial charge >= 0.3 is 0 Å². The first kappa shape index (κ1) is 13.3. The molecule has 2 aromatic heterocycles. The number of hydrogen-bond acceptors (Lipinski definition) is 4. The molecule has 0 amide bonds. The number of aromatic nitrogens is 3. The maximum absolute atomic E-state index is 12.6. The number of rotatable bonds is 3. The van der Waals surface area contributed by atoms with Crippen molar-refractivity contribution >= 4 is 21.9 Å². The predicted molar refractivity (Wildman–Crippen MR) is 83.4 cm³/mol. The van der Waals surface area contributed by atoms with Crippen LogP contribution in [0.3, 0.4) is 0 Å². The van der Waals surface area contributed by atoms with Crippen molar-refractivity contribution in [3.63, 3.8) is 0 Å². The summed E-state index contributed by atoms with van der Waals surface area (Å²) >= 11 is 0. The fraction of sp³-hybridized carbons (Fsp3) is 0.375. The van der Waals surface area contributed by atoms with E-state index >= 15 is 0 Å². The lowest BCUT2D eigenvalue weighted by Gasteiger charge is -2.10. The normalized spacial score (nSPS) is 18.3. The smallest absolute Gasteiger partial charge is 0.277 e. The van der Waals surface area contributed by atoms with Crippen LogP contribution in [0.5, 0.6) is 5.75 Å². The monoisotopic (exact) mass is 299 g/mol. The lowest BCUT2D eigenvalue weighted by Crippen LogP contribution is -2.26. The summed E-state index contributed by atoms with van der Waals surface area (Å²) in [5, 5.41) is 0.899. The van der Waals surface area contributed by atoms with Crippen LogP contribution in [0.2, 0.25) is 0 Å². The highest BCUT2D eigenvalue weighted by Gasteiger charge is 2.18. The molecule has 114 valence electrons. The van der Waals surface area contributed by atoms with E-state index in [2.05, 4.69) is 9.97 Å². The molecule has 0 radical (unpaired) electrons. The van der Waals surface area contributed by atoms with Crippen molar-refractivity contribution in [2.75, 3.05) is 13.7 Å². The third kappa shape index (κ3) is 2.07. The second-order valence-corrected chi connectivity index (χ2v) is 5.60. The maximum Gasteiger partial charge on any atom is 0.277 e. The molecule has 1 aromatic carbocycles. The summed E-state index contributed by atoms with van der Waals surface area (Å²) in [6.07, 6.45) is 3.77. The number of fused-ring (bicyclic) bond motifs is 3. The van der Waals surface area contributed by atoms with Gasteiger partial charge in [0.05, 0.1) is 26.1 Å². The van der Waals surface area contributed by atoms with E-state index in [9.17, 15) is 4.79 Å². The fourth-order valence-corrected chi connectivity index (χ4v) is 3.03. The molecule has 3 aromatic rings. The zero-order chi connectivity index (χ0) is 15.1. The van der Waals surface area contributed by atoms with Gasteiger partial charge in [-0.05, 0) is 31.0 Å². The molecular weight excluding hydrogens is 282 g/mol. The topological polar surface area (TPSA) is 69.1 Å². The fourth-order valence-electron chi connectivity index (χ4n) is 3.03. The third-order valence-corrected chi connectivity index (χ3v) is 4.20. The Bertz CT molecular complexity index is 891. The quantitative estimate of drug-likeness (QED) is 0.804. The molecule has 0 unspecified atom stereocenters. The highest BCUT2D eigenvalue weighted by atomic mass is 16.5. The van der Waals surface area contributed by atoms with Gasteiger partial charge in [0.25, 0.3) is 5.56 Å². The Hall–Kier alpha value is -2.34. The first-order chi connectivity index (χ1) is 10.8. The van der Waals surface area contributed by atoms with Crippen LogP contribution in [-0.4, -0.2) is 34.4 Å². The molecule has 1 aliphatic rings. The Morgan fingerprint density at radius 2 is 2.41 bits per heavy atom. The van der Waals surface area contributed by atoms with Crippen LogP contribution in [0, 0.1) is 0 Å². The summed E-state index contributed by atoms with van der Waals surface area (Å²) in [6, 6.07) is 5.66. The number of ether oxygens (including phenoxy) is 2. The standard InChI is InChI=1S/C16H17N3O3/c1-21-10-4-5-13-12(7-10)14-15(18-13)16(20)19(9-17-14)8-11-3-2-6-22-11/h4-5,7,9,11,18H,2-3,6,8H2,1H3/t11-/m0/s1. The molecule has 1 aliphatic heterocycles. The summed E-state index contributed by atoms with van der Waals surface area (Å²) in [4.78, 5) is 20.3. The van der Waals surface area contributed by atoms with E-state index in [4.69, 9.17) is 9.47 Å². The van der Waals surface area contributed by atoms with Crippen LogP contribution in [0.25, 0.3) is 21.9 Å². The average molecular weight is 299 g/mol. The van der Waals surface area contributed by atoms with Crippen LogP contribution in [0.1, 0.15) is 12.8 Å². The van der Waals surface area contributed by atoms with E-state index in [0.717, 1.165) is 36.1 Å². The molecule has 1 atom stereocenters. The van der Waals surface area contributed by atoms with Gasteiger partial charge in [-0.3, -0.25) is 9.36 Å². The van der Waals surface area contributed by atoms with Crippen molar-refractivity contribution in [1.82, 2.24) is 14.5 Å². The lowest BCUT2D eigenvalue weighted by atomic mass is 10.2. The Morgan fingerprint density at radius 3 is 3.18 bits per heavy atom. The number of H-pyrrole nitrogens is 1. The van der Waals surface area contributed by atoms with E-state index in [0.29, 0.717) is 17.6 Å². The SMILES string of the molecule is COc1ccc2[nH]c3c(=O)n(C[C@@H]4CCCO4)cnc3c2c1. The van der Waals surface area contributed by atoms with Crippen molar-refractivity contribution in [2.24, 2.45) is 0 Å². The van der Waals surface area contributed by atoms with E-state index in [1.807, 2.05) is 18.2 Å². The van der Waals surface area contributed by atoms with Gasteiger partial charge in [-0.1, -0.05) is 0 Å². The van der Waals surface area contributed by atoms with Crippen molar-refractivity contribution < 1.29 is 9.47 Å². The minimum Gasteiger partial charge on any atom is -0.497 e. The minimum atomic E-state index is -0.0596. The Morgan fingerprint density at radius 1 is 1.50 bits per heavy atom. The second-order valence-electron chi connectivity index (χ2n) is 5.60. The van der Waals surface area contributed by atoms with Gasteiger partial charge in [0.1, 0.15) is 16.8 Å². The number of benzene rings is 1. The molecule has 0 spiro atoms. The van der Waals surface area contributed by atoms with Crippen LogP contribution < -0.4 is 10.3 Å². The number of nitrogens with zero attached hydrogens (tertiary/aromatic N) is 2. The molecule has 0 saturated carbocycles. The molecule has 4 rings (SSSR count). The second kappa shape index (κ2) is 5.14. The first-order valence-corrected chi connectivity index (χ1v) is 7.43. The summed E-state index contributed by atoms with van der Waals surface area (Å²) in [7, 11) is 1.62. The summed E-state index contributed by atoms with van der Waals surface area (Å²) in [5.74, 6) is 0.749. The molecule has 0 bridgehead atoms. The Labute approximate surface area is 126 Å². The van der Waals surface area contributed by atoms with Gasteiger partial charge in [0.2, 0.25) is 0 Å². The molecule has 1 saturated heterocycles. The summed E-state index contributed by atoms with van der Waals surface area (Å²) < 4.78 is 12.5.